The Morgan fingerprint density at radius 1 is 1.10 bits per heavy atom. The summed E-state index contributed by atoms with van der Waals surface area (Å²) in [6.07, 6.45) is 1.81. The molecule has 0 aliphatic rings. The van der Waals surface area contributed by atoms with E-state index >= 15 is 0 Å². The van der Waals surface area contributed by atoms with E-state index in [1.807, 2.05) is 0 Å². The summed E-state index contributed by atoms with van der Waals surface area (Å²) in [5.41, 5.74) is 2.60. The molecule has 0 aliphatic carbocycles. The highest BCUT2D eigenvalue weighted by atomic mass is 16.3. The van der Waals surface area contributed by atoms with Crippen molar-refractivity contribution in [3.05, 3.63) is 29.8 Å². The van der Waals surface area contributed by atoms with Crippen molar-refractivity contribution in [3.8, 4) is 0 Å². The zero-order valence-corrected chi connectivity index (χ0v) is 13.4. The number of nitrogens with zero attached hydrogens (tertiary/aromatic N) is 1. The van der Waals surface area contributed by atoms with E-state index in [9.17, 15) is 0 Å². The first-order valence-corrected chi connectivity index (χ1v) is 7.78. The van der Waals surface area contributed by atoms with Crippen LogP contribution in [0.4, 0.5) is 5.69 Å². The quantitative estimate of drug-likeness (QED) is 0.728. The maximum Gasteiger partial charge on any atom is 0.0448 e. The predicted molar refractivity (Wildman–Crippen MR) is 87.2 cm³/mol. The minimum atomic E-state index is 0.0201. The third-order valence-corrected chi connectivity index (χ3v) is 4.23. The van der Waals surface area contributed by atoms with Crippen LogP contribution in [0.25, 0.3) is 0 Å². The maximum absolute atomic E-state index is 9.14. The third-order valence-electron chi connectivity index (χ3n) is 4.23. The molecule has 1 aromatic rings. The molecule has 1 aromatic carbocycles. The van der Waals surface area contributed by atoms with Crippen LogP contribution in [0.5, 0.6) is 0 Å². The van der Waals surface area contributed by atoms with E-state index in [1.165, 1.54) is 11.3 Å². The molecule has 1 atom stereocenters. The standard InChI is InChI=1S/C17H30N2O/c1-5-17(4,12-13-20)18-14-15-8-10-16(11-9-15)19(6-2)7-3/h8-11,18,20H,5-7,12-14H2,1-4H3. The van der Waals surface area contributed by atoms with Gasteiger partial charge in [0.2, 0.25) is 0 Å². The molecule has 1 rings (SSSR count). The summed E-state index contributed by atoms with van der Waals surface area (Å²) in [6.45, 7) is 11.9. The second-order valence-electron chi connectivity index (χ2n) is 5.58. The summed E-state index contributed by atoms with van der Waals surface area (Å²) in [5.74, 6) is 0. The Bertz CT molecular complexity index is 373. The maximum atomic E-state index is 9.14. The van der Waals surface area contributed by atoms with E-state index in [4.69, 9.17) is 5.11 Å². The molecule has 0 saturated carbocycles. The highest BCUT2D eigenvalue weighted by Gasteiger charge is 2.20. The van der Waals surface area contributed by atoms with Crippen molar-refractivity contribution in [2.45, 2.75) is 52.6 Å². The summed E-state index contributed by atoms with van der Waals surface area (Å²) in [5, 5.41) is 12.7. The van der Waals surface area contributed by atoms with Crippen LogP contribution in [0.3, 0.4) is 0 Å². The van der Waals surface area contributed by atoms with Gasteiger partial charge in [-0.15, -0.1) is 0 Å². The normalized spacial score (nSPS) is 14.1. The van der Waals surface area contributed by atoms with Gasteiger partial charge in [-0.05, 0) is 51.3 Å². The van der Waals surface area contributed by atoms with E-state index in [-0.39, 0.29) is 12.1 Å². The molecule has 3 heteroatoms. The van der Waals surface area contributed by atoms with E-state index in [1.54, 1.807) is 0 Å². The van der Waals surface area contributed by atoms with Crippen LogP contribution in [0, 0.1) is 0 Å². The number of nitrogens with one attached hydrogen (secondary N) is 1. The van der Waals surface area contributed by atoms with Crippen molar-refractivity contribution in [3.63, 3.8) is 0 Å². The van der Waals surface area contributed by atoms with Crippen molar-refractivity contribution in [1.82, 2.24) is 5.32 Å². The summed E-state index contributed by atoms with van der Waals surface area (Å²) in [6, 6.07) is 8.77. The Kier molecular flexibility index (Phi) is 7.03. The highest BCUT2D eigenvalue weighted by molar-refractivity contribution is 5.47. The number of benzene rings is 1. The average molecular weight is 278 g/mol. The van der Waals surface area contributed by atoms with Gasteiger partial charge in [0, 0.05) is 37.5 Å². The lowest BCUT2D eigenvalue weighted by Crippen LogP contribution is -2.42. The lowest BCUT2D eigenvalue weighted by molar-refractivity contribution is 0.214. The molecular formula is C17H30N2O. The first kappa shape index (κ1) is 17.0. The Hall–Kier alpha value is -1.06. The Labute approximate surface area is 124 Å². The molecule has 0 amide bonds. The number of aliphatic hydroxyl groups is 1. The van der Waals surface area contributed by atoms with Gasteiger partial charge in [0.05, 0.1) is 0 Å². The molecule has 0 heterocycles. The Morgan fingerprint density at radius 2 is 1.70 bits per heavy atom. The third kappa shape index (κ3) is 4.80. The number of anilines is 1. The van der Waals surface area contributed by atoms with Gasteiger partial charge < -0.3 is 15.3 Å². The molecule has 3 nitrogen and oxygen atoms in total. The first-order valence-electron chi connectivity index (χ1n) is 7.78. The average Bonchev–Trinajstić information content (AvgIpc) is 2.48. The van der Waals surface area contributed by atoms with Gasteiger partial charge in [0.25, 0.3) is 0 Å². The van der Waals surface area contributed by atoms with Gasteiger partial charge in [0.1, 0.15) is 0 Å². The van der Waals surface area contributed by atoms with Gasteiger partial charge in [-0.3, -0.25) is 0 Å². The molecule has 20 heavy (non-hydrogen) atoms. The minimum Gasteiger partial charge on any atom is -0.396 e. The lowest BCUT2D eigenvalue weighted by atomic mass is 9.94. The summed E-state index contributed by atoms with van der Waals surface area (Å²) < 4.78 is 0. The fourth-order valence-electron chi connectivity index (χ4n) is 2.37. The topological polar surface area (TPSA) is 35.5 Å². The molecule has 0 bridgehead atoms. The molecule has 0 aromatic heterocycles. The summed E-state index contributed by atoms with van der Waals surface area (Å²) in [4.78, 5) is 2.35. The Balaban J connectivity index is 2.61. The molecule has 0 aliphatic heterocycles. The number of hydrogen-bond acceptors (Lipinski definition) is 3. The second-order valence-corrected chi connectivity index (χ2v) is 5.58. The van der Waals surface area contributed by atoms with Crippen molar-refractivity contribution < 1.29 is 5.11 Å². The molecular weight excluding hydrogens is 248 g/mol. The number of hydrogen-bond donors (Lipinski definition) is 2. The molecule has 2 N–H and O–H groups in total. The van der Waals surface area contributed by atoms with Crippen LogP contribution in [0.1, 0.15) is 46.1 Å². The smallest absolute Gasteiger partial charge is 0.0448 e. The van der Waals surface area contributed by atoms with E-state index < -0.39 is 0 Å². The number of aliphatic hydroxyl groups excluding tert-OH is 1. The SMILES string of the molecule is CCN(CC)c1ccc(CNC(C)(CC)CCO)cc1. The molecule has 0 saturated heterocycles. The highest BCUT2D eigenvalue weighted by Crippen LogP contribution is 2.17. The van der Waals surface area contributed by atoms with Crippen molar-refractivity contribution in [2.24, 2.45) is 0 Å². The first-order chi connectivity index (χ1) is 9.58. The predicted octanol–water partition coefficient (Wildman–Crippen LogP) is 3.17. The van der Waals surface area contributed by atoms with Crippen LogP contribution in [-0.2, 0) is 6.54 Å². The second kappa shape index (κ2) is 8.28. The van der Waals surface area contributed by atoms with Crippen LogP contribution in [0.15, 0.2) is 24.3 Å². The Morgan fingerprint density at radius 3 is 2.15 bits per heavy atom. The fourth-order valence-corrected chi connectivity index (χ4v) is 2.37. The molecule has 0 spiro atoms. The van der Waals surface area contributed by atoms with Gasteiger partial charge in [0.15, 0.2) is 0 Å². The molecule has 0 radical (unpaired) electrons. The minimum absolute atomic E-state index is 0.0201. The summed E-state index contributed by atoms with van der Waals surface area (Å²) >= 11 is 0. The van der Waals surface area contributed by atoms with Crippen molar-refractivity contribution in [2.75, 3.05) is 24.6 Å². The zero-order valence-electron chi connectivity index (χ0n) is 13.4. The molecule has 0 fully saturated rings. The molecule has 114 valence electrons. The largest absolute Gasteiger partial charge is 0.396 e. The van der Waals surface area contributed by atoms with Crippen molar-refractivity contribution >= 4 is 5.69 Å². The van der Waals surface area contributed by atoms with E-state index in [2.05, 4.69) is 62.2 Å². The van der Waals surface area contributed by atoms with E-state index in [0.29, 0.717) is 0 Å². The summed E-state index contributed by atoms with van der Waals surface area (Å²) in [7, 11) is 0. The van der Waals surface area contributed by atoms with Crippen LogP contribution in [-0.4, -0.2) is 30.3 Å². The lowest BCUT2D eigenvalue weighted by Gasteiger charge is -2.29. The zero-order chi connectivity index (χ0) is 15.0. The van der Waals surface area contributed by atoms with Crippen LogP contribution in [0.2, 0.25) is 0 Å². The van der Waals surface area contributed by atoms with Crippen LogP contribution < -0.4 is 10.2 Å². The monoisotopic (exact) mass is 278 g/mol. The van der Waals surface area contributed by atoms with Gasteiger partial charge >= 0.3 is 0 Å². The van der Waals surface area contributed by atoms with Crippen molar-refractivity contribution in [1.29, 1.82) is 0 Å². The van der Waals surface area contributed by atoms with Crippen LogP contribution >= 0.6 is 0 Å². The van der Waals surface area contributed by atoms with Gasteiger partial charge in [-0.25, -0.2) is 0 Å². The van der Waals surface area contributed by atoms with Gasteiger partial charge in [-0.1, -0.05) is 19.1 Å². The molecule has 1 unspecified atom stereocenters. The number of rotatable bonds is 9. The van der Waals surface area contributed by atoms with E-state index in [0.717, 1.165) is 32.5 Å². The fraction of sp³-hybridized carbons (Fsp3) is 0.647. The van der Waals surface area contributed by atoms with Gasteiger partial charge in [-0.2, -0.15) is 0 Å².